The second-order valence-corrected chi connectivity index (χ2v) is 3.86. The molecular formula is C9H10BrF2NO2. The minimum absolute atomic E-state index is 0.0159. The van der Waals surface area contributed by atoms with Gasteiger partial charge in [-0.3, -0.25) is 0 Å². The maximum absolute atomic E-state index is 13.4. The van der Waals surface area contributed by atoms with E-state index < -0.39 is 29.4 Å². The van der Waals surface area contributed by atoms with Crippen LogP contribution in [0, 0.1) is 11.6 Å². The number of aliphatic hydroxyl groups excluding tert-OH is 2. The van der Waals surface area contributed by atoms with E-state index in [1.807, 2.05) is 0 Å². The van der Waals surface area contributed by atoms with Crippen LogP contribution in [0.4, 0.5) is 8.78 Å². The van der Waals surface area contributed by atoms with Gasteiger partial charge in [0.05, 0.1) is 16.1 Å². The fraction of sp³-hybridized carbons (Fsp3) is 0.333. The van der Waals surface area contributed by atoms with Gasteiger partial charge in [0, 0.05) is 6.54 Å². The molecule has 0 saturated carbocycles. The summed E-state index contributed by atoms with van der Waals surface area (Å²) in [6, 6.07) is 2.17. The van der Waals surface area contributed by atoms with Gasteiger partial charge in [-0.1, -0.05) is 0 Å². The number of halogens is 3. The van der Waals surface area contributed by atoms with Crippen molar-refractivity contribution < 1.29 is 19.0 Å². The maximum Gasteiger partial charge on any atom is 0.146 e. The summed E-state index contributed by atoms with van der Waals surface area (Å²) in [5.74, 6) is -1.86. The third kappa shape index (κ3) is 2.52. The van der Waals surface area contributed by atoms with Gasteiger partial charge in [-0.05, 0) is 28.1 Å². The van der Waals surface area contributed by atoms with Crippen LogP contribution >= 0.6 is 15.9 Å². The lowest BCUT2D eigenvalue weighted by atomic mass is 10.0. The Kier molecular flexibility index (Phi) is 4.15. The van der Waals surface area contributed by atoms with Gasteiger partial charge in [0.2, 0.25) is 0 Å². The van der Waals surface area contributed by atoms with Crippen LogP contribution < -0.4 is 5.73 Å². The van der Waals surface area contributed by atoms with Crippen molar-refractivity contribution >= 4 is 15.9 Å². The lowest BCUT2D eigenvalue weighted by Gasteiger charge is -2.18. The standard InChI is InChI=1S/C9H10BrF2NO2/c10-4-1-2-5(11)7(8(4)12)9(15)6(14)3-13/h1-2,6,9,14-15H,3,13H2. The SMILES string of the molecule is NCC(O)C(O)c1c(F)ccc(Br)c1F. The van der Waals surface area contributed by atoms with E-state index in [1.165, 1.54) is 6.07 Å². The molecule has 0 spiro atoms. The first-order valence-electron chi connectivity index (χ1n) is 4.18. The summed E-state index contributed by atoms with van der Waals surface area (Å²) in [7, 11) is 0. The van der Waals surface area contributed by atoms with Crippen LogP contribution in [0.1, 0.15) is 11.7 Å². The zero-order valence-electron chi connectivity index (χ0n) is 7.62. The molecule has 0 fully saturated rings. The van der Waals surface area contributed by atoms with Crippen LogP contribution in [0.5, 0.6) is 0 Å². The van der Waals surface area contributed by atoms with Gasteiger partial charge >= 0.3 is 0 Å². The predicted molar refractivity (Wildman–Crippen MR) is 54.1 cm³/mol. The second-order valence-electron chi connectivity index (χ2n) is 3.00. The molecule has 3 nitrogen and oxygen atoms in total. The van der Waals surface area contributed by atoms with Crippen LogP contribution in [-0.4, -0.2) is 22.9 Å². The minimum Gasteiger partial charge on any atom is -0.389 e. The summed E-state index contributed by atoms with van der Waals surface area (Å²) in [5, 5.41) is 18.6. The number of hydrogen-bond acceptors (Lipinski definition) is 3. The van der Waals surface area contributed by atoms with Gasteiger partial charge in [0.1, 0.15) is 17.7 Å². The third-order valence-electron chi connectivity index (χ3n) is 1.98. The molecule has 1 aromatic rings. The molecule has 15 heavy (non-hydrogen) atoms. The van der Waals surface area contributed by atoms with E-state index in [2.05, 4.69) is 15.9 Å². The molecule has 0 bridgehead atoms. The second kappa shape index (κ2) is 4.98. The number of nitrogens with two attached hydrogens (primary N) is 1. The molecule has 0 aliphatic carbocycles. The van der Waals surface area contributed by atoms with E-state index in [1.54, 1.807) is 0 Å². The van der Waals surface area contributed by atoms with E-state index in [-0.39, 0.29) is 11.0 Å². The zero-order chi connectivity index (χ0) is 11.6. The number of aliphatic hydroxyl groups is 2. The Hall–Kier alpha value is -0.560. The fourth-order valence-electron chi connectivity index (χ4n) is 1.14. The summed E-state index contributed by atoms with van der Waals surface area (Å²) in [4.78, 5) is 0. The van der Waals surface area contributed by atoms with E-state index in [0.717, 1.165) is 6.07 Å². The molecule has 6 heteroatoms. The molecule has 2 atom stereocenters. The van der Waals surface area contributed by atoms with Crippen molar-refractivity contribution in [1.29, 1.82) is 0 Å². The highest BCUT2D eigenvalue weighted by atomic mass is 79.9. The molecule has 0 aromatic heterocycles. The van der Waals surface area contributed by atoms with Crippen LogP contribution in [0.15, 0.2) is 16.6 Å². The molecule has 2 unspecified atom stereocenters. The molecule has 0 saturated heterocycles. The Morgan fingerprint density at radius 3 is 2.47 bits per heavy atom. The molecular weight excluding hydrogens is 272 g/mol. The van der Waals surface area contributed by atoms with Crippen LogP contribution in [0.3, 0.4) is 0 Å². The topological polar surface area (TPSA) is 66.5 Å². The Labute approximate surface area is 93.7 Å². The average Bonchev–Trinajstić information content (AvgIpc) is 2.22. The summed E-state index contributed by atoms with van der Waals surface area (Å²) >= 11 is 2.85. The lowest BCUT2D eigenvalue weighted by molar-refractivity contribution is 0.0198. The highest BCUT2D eigenvalue weighted by Crippen LogP contribution is 2.28. The van der Waals surface area contributed by atoms with Gasteiger partial charge in [-0.2, -0.15) is 0 Å². The van der Waals surface area contributed by atoms with Crippen LogP contribution in [-0.2, 0) is 0 Å². The molecule has 0 aliphatic rings. The highest BCUT2D eigenvalue weighted by molar-refractivity contribution is 9.10. The largest absolute Gasteiger partial charge is 0.389 e. The smallest absolute Gasteiger partial charge is 0.146 e. The van der Waals surface area contributed by atoms with Gasteiger partial charge in [0.25, 0.3) is 0 Å². The van der Waals surface area contributed by atoms with Gasteiger partial charge in [0.15, 0.2) is 0 Å². The molecule has 84 valence electrons. The van der Waals surface area contributed by atoms with Gasteiger partial charge < -0.3 is 15.9 Å². The molecule has 0 aliphatic heterocycles. The number of hydrogen-bond donors (Lipinski definition) is 3. The summed E-state index contributed by atoms with van der Waals surface area (Å²) in [6.07, 6.45) is -3.07. The maximum atomic E-state index is 13.4. The fourth-order valence-corrected chi connectivity index (χ4v) is 1.48. The first-order valence-corrected chi connectivity index (χ1v) is 4.98. The van der Waals surface area contributed by atoms with Crippen molar-refractivity contribution in [1.82, 2.24) is 0 Å². The first-order chi connectivity index (χ1) is 6.99. The molecule has 0 radical (unpaired) electrons. The molecule has 0 heterocycles. The van der Waals surface area contributed by atoms with Gasteiger partial charge in [-0.25, -0.2) is 8.78 Å². The third-order valence-corrected chi connectivity index (χ3v) is 2.59. The molecule has 1 rings (SSSR count). The summed E-state index contributed by atoms with van der Waals surface area (Å²) in [5.41, 5.74) is 4.50. The average molecular weight is 282 g/mol. The van der Waals surface area contributed by atoms with Crippen molar-refractivity contribution in [3.8, 4) is 0 Å². The van der Waals surface area contributed by atoms with E-state index in [9.17, 15) is 19.0 Å². The van der Waals surface area contributed by atoms with Crippen molar-refractivity contribution in [2.24, 2.45) is 5.73 Å². The van der Waals surface area contributed by atoms with Crippen molar-refractivity contribution in [3.05, 3.63) is 33.8 Å². The van der Waals surface area contributed by atoms with E-state index in [4.69, 9.17) is 5.73 Å². The first kappa shape index (κ1) is 12.5. The number of rotatable bonds is 3. The normalized spacial score (nSPS) is 15.1. The summed E-state index contributed by atoms with van der Waals surface area (Å²) in [6.45, 7) is -0.285. The van der Waals surface area contributed by atoms with Gasteiger partial charge in [-0.15, -0.1) is 0 Å². The summed E-state index contributed by atoms with van der Waals surface area (Å²) < 4.78 is 26.6. The van der Waals surface area contributed by atoms with E-state index in [0.29, 0.717) is 0 Å². The monoisotopic (exact) mass is 281 g/mol. The molecule has 1 aromatic carbocycles. The zero-order valence-corrected chi connectivity index (χ0v) is 9.21. The van der Waals surface area contributed by atoms with Crippen LogP contribution in [0.25, 0.3) is 0 Å². The van der Waals surface area contributed by atoms with E-state index >= 15 is 0 Å². The van der Waals surface area contributed by atoms with Crippen molar-refractivity contribution in [3.63, 3.8) is 0 Å². The Morgan fingerprint density at radius 2 is 1.93 bits per heavy atom. The molecule has 0 amide bonds. The Balaban J connectivity index is 3.18. The Bertz CT molecular complexity index is 362. The quantitative estimate of drug-likeness (QED) is 0.727. The lowest BCUT2D eigenvalue weighted by Crippen LogP contribution is -2.28. The molecule has 4 N–H and O–H groups in total. The Morgan fingerprint density at radius 1 is 1.33 bits per heavy atom. The highest BCUT2D eigenvalue weighted by Gasteiger charge is 2.25. The predicted octanol–water partition coefficient (Wildman–Crippen LogP) is 1.08. The van der Waals surface area contributed by atoms with Crippen LogP contribution in [0.2, 0.25) is 0 Å². The number of benzene rings is 1. The van der Waals surface area contributed by atoms with Crippen molar-refractivity contribution in [2.45, 2.75) is 12.2 Å². The van der Waals surface area contributed by atoms with Crippen molar-refractivity contribution in [2.75, 3.05) is 6.54 Å². The minimum atomic E-state index is -1.67.